The minimum atomic E-state index is -4.51. The molecule has 3 aromatic rings. The third kappa shape index (κ3) is 3.60. The molecule has 28 heavy (non-hydrogen) atoms. The quantitative estimate of drug-likeness (QED) is 0.690. The van der Waals surface area contributed by atoms with Gasteiger partial charge in [0, 0.05) is 13.2 Å². The van der Waals surface area contributed by atoms with E-state index >= 15 is 0 Å². The van der Waals surface area contributed by atoms with Crippen LogP contribution in [0.15, 0.2) is 47.5 Å². The van der Waals surface area contributed by atoms with E-state index in [0.29, 0.717) is 0 Å². The molecule has 146 valence electrons. The first-order valence-corrected chi connectivity index (χ1v) is 9.47. The maximum Gasteiger partial charge on any atom is 0.285 e. The fourth-order valence-electron chi connectivity index (χ4n) is 2.44. The van der Waals surface area contributed by atoms with Crippen molar-refractivity contribution in [3.63, 3.8) is 0 Å². The number of hydrogen-bond donors (Lipinski definition) is 1. The molecular formula is C17H11ClF3N3O3S. The van der Waals surface area contributed by atoms with Gasteiger partial charge in [0.15, 0.2) is 0 Å². The second-order valence-electron chi connectivity index (χ2n) is 5.64. The Labute approximate surface area is 162 Å². The van der Waals surface area contributed by atoms with Crippen molar-refractivity contribution in [2.24, 2.45) is 7.05 Å². The normalized spacial score (nSPS) is 11.5. The second-order valence-corrected chi connectivity index (χ2v) is 7.67. The number of hydrogen-bond acceptors (Lipinski definition) is 4. The molecule has 1 N–H and O–H groups in total. The van der Waals surface area contributed by atoms with Crippen LogP contribution in [-0.4, -0.2) is 23.9 Å². The Morgan fingerprint density at radius 2 is 1.64 bits per heavy atom. The Kier molecular flexibility index (Phi) is 5.18. The van der Waals surface area contributed by atoms with E-state index in [1.54, 1.807) is 4.72 Å². The molecule has 0 unspecified atom stereocenters. The van der Waals surface area contributed by atoms with Crippen LogP contribution in [0, 0.1) is 17.5 Å². The van der Waals surface area contributed by atoms with Gasteiger partial charge in [0.25, 0.3) is 15.9 Å². The summed E-state index contributed by atoms with van der Waals surface area (Å²) in [6.07, 6.45) is 1.10. The fraction of sp³-hybridized carbons (Fsp3) is 0.0588. The first-order chi connectivity index (χ1) is 13.1. The molecule has 1 aromatic heterocycles. The number of carbonyl (C=O) groups excluding carboxylic acids is 1. The zero-order valence-corrected chi connectivity index (χ0v) is 15.7. The highest BCUT2D eigenvalue weighted by Gasteiger charge is 2.26. The average Bonchev–Trinajstić information content (AvgIpc) is 2.98. The summed E-state index contributed by atoms with van der Waals surface area (Å²) in [5.41, 5.74) is -0.892. The molecule has 0 aliphatic carbocycles. The Bertz CT molecular complexity index is 1180. The van der Waals surface area contributed by atoms with Crippen LogP contribution in [0.25, 0.3) is 11.4 Å². The smallest absolute Gasteiger partial charge is 0.285 e. The molecule has 11 heteroatoms. The first kappa shape index (κ1) is 19.9. The number of nitrogens with zero attached hydrogens (tertiary/aromatic N) is 2. The molecular weight excluding hydrogens is 419 g/mol. The van der Waals surface area contributed by atoms with Gasteiger partial charge in [0.05, 0.1) is 10.6 Å². The van der Waals surface area contributed by atoms with E-state index in [4.69, 9.17) is 11.6 Å². The number of amides is 1. The van der Waals surface area contributed by atoms with E-state index in [0.717, 1.165) is 41.1 Å². The first-order valence-electron chi connectivity index (χ1n) is 7.60. The summed E-state index contributed by atoms with van der Waals surface area (Å²) in [5.74, 6) is -4.19. The number of nitrogens with one attached hydrogen (secondary N) is 1. The third-order valence-electron chi connectivity index (χ3n) is 3.73. The number of benzene rings is 2. The van der Waals surface area contributed by atoms with Crippen LogP contribution in [0.1, 0.15) is 10.5 Å². The van der Waals surface area contributed by atoms with E-state index in [-0.39, 0.29) is 5.82 Å². The van der Waals surface area contributed by atoms with Gasteiger partial charge in [0.2, 0.25) is 0 Å². The SMILES string of the molecule is Cn1cc(C(=O)NS(=O)(=O)c2cccc(F)c2Cl)nc1-c1c(F)cccc1F. The van der Waals surface area contributed by atoms with Gasteiger partial charge < -0.3 is 4.57 Å². The lowest BCUT2D eigenvalue weighted by atomic mass is 10.2. The Hall–Kier alpha value is -2.85. The molecule has 0 spiro atoms. The Balaban J connectivity index is 1.95. The minimum absolute atomic E-state index is 0.220. The minimum Gasteiger partial charge on any atom is -0.333 e. The molecule has 0 fully saturated rings. The van der Waals surface area contributed by atoms with Gasteiger partial charge in [-0.05, 0) is 24.3 Å². The van der Waals surface area contributed by atoms with Gasteiger partial charge in [-0.15, -0.1) is 0 Å². The van der Waals surface area contributed by atoms with Crippen LogP contribution < -0.4 is 4.72 Å². The van der Waals surface area contributed by atoms with Crippen molar-refractivity contribution in [3.8, 4) is 11.4 Å². The van der Waals surface area contributed by atoms with E-state index in [1.807, 2.05) is 0 Å². The van der Waals surface area contributed by atoms with E-state index in [1.165, 1.54) is 13.1 Å². The van der Waals surface area contributed by atoms with Gasteiger partial charge >= 0.3 is 0 Å². The highest BCUT2D eigenvalue weighted by molar-refractivity contribution is 7.90. The van der Waals surface area contributed by atoms with Crippen molar-refractivity contribution >= 4 is 27.5 Å². The summed E-state index contributed by atoms with van der Waals surface area (Å²) in [4.78, 5) is 15.5. The molecule has 6 nitrogen and oxygen atoms in total. The van der Waals surface area contributed by atoms with Crippen molar-refractivity contribution < 1.29 is 26.4 Å². The van der Waals surface area contributed by atoms with Gasteiger partial charge in [-0.3, -0.25) is 4.79 Å². The van der Waals surface area contributed by atoms with Crippen LogP contribution in [0.3, 0.4) is 0 Å². The predicted octanol–water partition coefficient (Wildman–Crippen LogP) is 3.28. The molecule has 0 atom stereocenters. The van der Waals surface area contributed by atoms with Crippen molar-refractivity contribution in [2.45, 2.75) is 4.90 Å². The van der Waals surface area contributed by atoms with Gasteiger partial charge in [-0.2, -0.15) is 0 Å². The van der Waals surface area contributed by atoms with Crippen molar-refractivity contribution in [2.75, 3.05) is 0 Å². The molecule has 0 aliphatic rings. The second kappa shape index (κ2) is 7.28. The van der Waals surface area contributed by atoms with Gasteiger partial charge in [0.1, 0.15) is 33.9 Å². The number of carbonyl (C=O) groups is 1. The zero-order valence-electron chi connectivity index (χ0n) is 14.1. The maximum absolute atomic E-state index is 14.0. The van der Waals surface area contributed by atoms with Crippen LogP contribution in [0.5, 0.6) is 0 Å². The molecule has 3 rings (SSSR count). The maximum atomic E-state index is 14.0. The van der Waals surface area contributed by atoms with Crippen molar-refractivity contribution in [1.82, 2.24) is 14.3 Å². The highest BCUT2D eigenvalue weighted by Crippen LogP contribution is 2.26. The number of rotatable bonds is 4. The molecule has 0 saturated carbocycles. The van der Waals surface area contributed by atoms with Crippen molar-refractivity contribution in [1.29, 1.82) is 0 Å². The number of aryl methyl sites for hydroxylation is 1. The van der Waals surface area contributed by atoms with Gasteiger partial charge in [-0.1, -0.05) is 23.7 Å². The lowest BCUT2D eigenvalue weighted by Crippen LogP contribution is -2.31. The number of sulfonamides is 1. The topological polar surface area (TPSA) is 81.1 Å². The summed E-state index contributed by atoms with van der Waals surface area (Å²) in [6.45, 7) is 0. The fourth-order valence-corrected chi connectivity index (χ4v) is 3.92. The monoisotopic (exact) mass is 429 g/mol. The summed E-state index contributed by atoms with van der Waals surface area (Å²) >= 11 is 5.64. The largest absolute Gasteiger partial charge is 0.333 e. The molecule has 1 amide bonds. The lowest BCUT2D eigenvalue weighted by Gasteiger charge is -2.07. The Morgan fingerprint density at radius 1 is 1.07 bits per heavy atom. The zero-order chi connectivity index (χ0) is 20.6. The van der Waals surface area contributed by atoms with Crippen LogP contribution >= 0.6 is 11.6 Å². The molecule has 0 radical (unpaired) electrons. The number of imidazole rings is 1. The third-order valence-corrected chi connectivity index (χ3v) is 5.60. The summed E-state index contributed by atoms with van der Waals surface area (Å²) in [5, 5.41) is -0.682. The van der Waals surface area contributed by atoms with E-state index in [2.05, 4.69) is 4.98 Å². The summed E-state index contributed by atoms with van der Waals surface area (Å²) in [7, 11) is -3.14. The number of aromatic nitrogens is 2. The average molecular weight is 430 g/mol. The predicted molar refractivity (Wildman–Crippen MR) is 94.6 cm³/mol. The standard InChI is InChI=1S/C17H11ClF3N3O3S/c1-24-8-12(22-16(24)14-9(19)4-2-5-10(14)20)17(25)23-28(26,27)13-7-3-6-11(21)15(13)18/h2-8H,1H3,(H,23,25). The van der Waals surface area contributed by atoms with Crippen LogP contribution in [-0.2, 0) is 17.1 Å². The Morgan fingerprint density at radius 3 is 2.29 bits per heavy atom. The summed E-state index contributed by atoms with van der Waals surface area (Å²) < 4.78 is 68.9. The van der Waals surface area contributed by atoms with Crippen molar-refractivity contribution in [3.05, 3.63) is 70.8 Å². The molecule has 0 saturated heterocycles. The van der Waals surface area contributed by atoms with Crippen LogP contribution in [0.4, 0.5) is 13.2 Å². The molecule has 1 heterocycles. The molecule has 2 aromatic carbocycles. The van der Waals surface area contributed by atoms with E-state index < -0.39 is 54.6 Å². The molecule has 0 aliphatic heterocycles. The number of halogens is 4. The summed E-state index contributed by atoms with van der Waals surface area (Å²) in [6, 6.07) is 6.28. The lowest BCUT2D eigenvalue weighted by molar-refractivity contribution is 0.0977. The van der Waals surface area contributed by atoms with Gasteiger partial charge in [-0.25, -0.2) is 31.3 Å². The van der Waals surface area contributed by atoms with Crippen LogP contribution in [0.2, 0.25) is 5.02 Å². The van der Waals surface area contributed by atoms with E-state index in [9.17, 15) is 26.4 Å². The molecule has 0 bridgehead atoms. The highest BCUT2D eigenvalue weighted by atomic mass is 35.5.